The molecule has 0 aliphatic rings. The number of nitrogens with zero attached hydrogens (tertiary/aromatic N) is 2. The van der Waals surface area contributed by atoms with Crippen LogP contribution in [0.3, 0.4) is 0 Å². The number of aryl methyl sites for hydroxylation is 2. The van der Waals surface area contributed by atoms with E-state index < -0.39 is 0 Å². The first-order valence-electron chi connectivity index (χ1n) is 6.84. The van der Waals surface area contributed by atoms with Gasteiger partial charge in [-0.25, -0.2) is 4.39 Å². The van der Waals surface area contributed by atoms with Gasteiger partial charge in [0.1, 0.15) is 5.82 Å². The summed E-state index contributed by atoms with van der Waals surface area (Å²) in [6, 6.07) is 6.94. The lowest BCUT2D eigenvalue weighted by molar-refractivity contribution is -0.117. The molecule has 0 aliphatic carbocycles. The molecular weight excluding hydrogens is 255 g/mol. The van der Waals surface area contributed by atoms with Crippen LogP contribution >= 0.6 is 0 Å². The predicted octanol–water partition coefficient (Wildman–Crippen LogP) is 3.54. The van der Waals surface area contributed by atoms with Crippen LogP contribution in [0.2, 0.25) is 0 Å². The van der Waals surface area contributed by atoms with Crippen LogP contribution in [0.25, 0.3) is 11.3 Å². The Labute approximate surface area is 118 Å². The molecule has 0 bridgehead atoms. The standard InChI is InChI=1S/C16H19FN2O/c1-4-5-14-9-16(18-19(14)10-12(3)20)13-6-7-15(17)11(2)8-13/h6-9H,4-5,10H2,1-3H3. The molecule has 2 rings (SSSR count). The number of aromatic nitrogens is 2. The molecule has 0 saturated carbocycles. The summed E-state index contributed by atoms with van der Waals surface area (Å²) < 4.78 is 15.1. The van der Waals surface area contributed by atoms with E-state index in [4.69, 9.17) is 0 Å². The van der Waals surface area contributed by atoms with Crippen LogP contribution in [-0.2, 0) is 17.8 Å². The van der Waals surface area contributed by atoms with Gasteiger partial charge in [-0.15, -0.1) is 0 Å². The van der Waals surface area contributed by atoms with Crippen molar-refractivity contribution in [2.75, 3.05) is 0 Å². The molecule has 0 aliphatic heterocycles. The van der Waals surface area contributed by atoms with E-state index in [0.29, 0.717) is 5.56 Å². The Morgan fingerprint density at radius 2 is 2.10 bits per heavy atom. The van der Waals surface area contributed by atoms with E-state index in [9.17, 15) is 9.18 Å². The van der Waals surface area contributed by atoms with Gasteiger partial charge in [0.2, 0.25) is 0 Å². The van der Waals surface area contributed by atoms with Crippen LogP contribution < -0.4 is 0 Å². The molecule has 1 aromatic heterocycles. The fraction of sp³-hybridized carbons (Fsp3) is 0.375. The van der Waals surface area contributed by atoms with Gasteiger partial charge in [0.25, 0.3) is 0 Å². The second kappa shape index (κ2) is 5.99. The van der Waals surface area contributed by atoms with Crippen molar-refractivity contribution in [1.82, 2.24) is 9.78 Å². The van der Waals surface area contributed by atoms with Crippen LogP contribution in [0.15, 0.2) is 24.3 Å². The minimum atomic E-state index is -0.217. The molecule has 4 heteroatoms. The highest BCUT2D eigenvalue weighted by molar-refractivity contribution is 5.75. The van der Waals surface area contributed by atoms with Crippen molar-refractivity contribution in [3.8, 4) is 11.3 Å². The Kier molecular flexibility index (Phi) is 4.32. The van der Waals surface area contributed by atoms with Crippen LogP contribution in [0.5, 0.6) is 0 Å². The Balaban J connectivity index is 2.40. The summed E-state index contributed by atoms with van der Waals surface area (Å²) in [5, 5.41) is 4.48. The van der Waals surface area contributed by atoms with E-state index in [1.54, 1.807) is 30.7 Å². The van der Waals surface area contributed by atoms with Gasteiger partial charge in [-0.1, -0.05) is 13.3 Å². The number of rotatable bonds is 5. The summed E-state index contributed by atoms with van der Waals surface area (Å²) >= 11 is 0. The van der Waals surface area contributed by atoms with E-state index in [1.165, 1.54) is 6.07 Å². The summed E-state index contributed by atoms with van der Waals surface area (Å²) in [5.41, 5.74) is 3.31. The van der Waals surface area contributed by atoms with Crippen molar-refractivity contribution in [2.24, 2.45) is 0 Å². The SMILES string of the molecule is CCCc1cc(-c2ccc(F)c(C)c2)nn1CC(C)=O. The van der Waals surface area contributed by atoms with Gasteiger partial charge in [-0.05, 0) is 50.1 Å². The lowest BCUT2D eigenvalue weighted by Crippen LogP contribution is -2.11. The Morgan fingerprint density at radius 3 is 2.70 bits per heavy atom. The van der Waals surface area contributed by atoms with Gasteiger partial charge < -0.3 is 0 Å². The quantitative estimate of drug-likeness (QED) is 0.836. The largest absolute Gasteiger partial charge is 0.298 e. The fourth-order valence-electron chi connectivity index (χ4n) is 2.21. The predicted molar refractivity (Wildman–Crippen MR) is 77.0 cm³/mol. The summed E-state index contributed by atoms with van der Waals surface area (Å²) in [4.78, 5) is 11.3. The number of ketones is 1. The van der Waals surface area contributed by atoms with Gasteiger partial charge in [0, 0.05) is 11.3 Å². The third-order valence-corrected chi connectivity index (χ3v) is 3.20. The summed E-state index contributed by atoms with van der Waals surface area (Å²) in [7, 11) is 0. The molecule has 20 heavy (non-hydrogen) atoms. The molecular formula is C16H19FN2O. The van der Waals surface area contributed by atoms with Crippen LogP contribution in [0, 0.1) is 12.7 Å². The highest BCUT2D eigenvalue weighted by atomic mass is 19.1. The number of carbonyl (C=O) groups excluding carboxylic acids is 1. The normalized spacial score (nSPS) is 10.8. The first-order chi connectivity index (χ1) is 9.51. The van der Waals surface area contributed by atoms with Gasteiger partial charge in [-0.2, -0.15) is 5.10 Å². The average molecular weight is 274 g/mol. The van der Waals surface area contributed by atoms with E-state index in [1.807, 2.05) is 6.07 Å². The number of Topliss-reactive ketones (excluding diaryl/α,β-unsaturated/α-hetero) is 1. The molecule has 0 saturated heterocycles. The smallest absolute Gasteiger partial charge is 0.151 e. The molecule has 3 nitrogen and oxygen atoms in total. The second-order valence-electron chi connectivity index (χ2n) is 5.09. The van der Waals surface area contributed by atoms with E-state index >= 15 is 0 Å². The highest BCUT2D eigenvalue weighted by Crippen LogP contribution is 2.22. The maximum atomic E-state index is 13.3. The zero-order chi connectivity index (χ0) is 14.7. The third-order valence-electron chi connectivity index (χ3n) is 3.20. The van der Waals surface area contributed by atoms with Gasteiger partial charge in [0.05, 0.1) is 12.2 Å². The maximum Gasteiger partial charge on any atom is 0.151 e. The summed E-state index contributed by atoms with van der Waals surface area (Å²) in [6.07, 6.45) is 1.87. The molecule has 0 N–H and O–H groups in total. The lowest BCUT2D eigenvalue weighted by atomic mass is 10.1. The Morgan fingerprint density at radius 1 is 1.35 bits per heavy atom. The molecule has 106 valence electrons. The molecule has 1 aromatic carbocycles. The van der Waals surface area contributed by atoms with E-state index in [-0.39, 0.29) is 18.1 Å². The third kappa shape index (κ3) is 3.13. The molecule has 1 heterocycles. The van der Waals surface area contributed by atoms with Crippen molar-refractivity contribution in [2.45, 2.75) is 40.2 Å². The fourth-order valence-corrected chi connectivity index (χ4v) is 2.21. The van der Waals surface area contributed by atoms with Crippen molar-refractivity contribution >= 4 is 5.78 Å². The van der Waals surface area contributed by atoms with Crippen molar-refractivity contribution < 1.29 is 9.18 Å². The minimum Gasteiger partial charge on any atom is -0.298 e. The zero-order valence-corrected chi connectivity index (χ0v) is 12.1. The van der Waals surface area contributed by atoms with Crippen molar-refractivity contribution in [1.29, 1.82) is 0 Å². The Bertz CT molecular complexity index is 631. The van der Waals surface area contributed by atoms with Crippen LogP contribution in [0.1, 0.15) is 31.5 Å². The van der Waals surface area contributed by atoms with Crippen LogP contribution in [-0.4, -0.2) is 15.6 Å². The maximum absolute atomic E-state index is 13.3. The molecule has 0 fully saturated rings. The molecule has 0 spiro atoms. The molecule has 2 aromatic rings. The highest BCUT2D eigenvalue weighted by Gasteiger charge is 2.11. The van der Waals surface area contributed by atoms with Gasteiger partial charge in [-0.3, -0.25) is 9.48 Å². The van der Waals surface area contributed by atoms with E-state index in [2.05, 4.69) is 12.0 Å². The van der Waals surface area contributed by atoms with E-state index in [0.717, 1.165) is 29.8 Å². The monoisotopic (exact) mass is 274 g/mol. The van der Waals surface area contributed by atoms with Gasteiger partial charge in [0.15, 0.2) is 5.78 Å². The molecule has 0 unspecified atom stereocenters. The van der Waals surface area contributed by atoms with Crippen LogP contribution in [0.4, 0.5) is 4.39 Å². The van der Waals surface area contributed by atoms with Gasteiger partial charge >= 0.3 is 0 Å². The number of benzene rings is 1. The lowest BCUT2D eigenvalue weighted by Gasteiger charge is -2.03. The van der Waals surface area contributed by atoms with Crippen molar-refractivity contribution in [3.05, 3.63) is 41.3 Å². The zero-order valence-electron chi connectivity index (χ0n) is 12.1. The second-order valence-corrected chi connectivity index (χ2v) is 5.09. The first kappa shape index (κ1) is 14.4. The van der Waals surface area contributed by atoms with Crippen molar-refractivity contribution in [3.63, 3.8) is 0 Å². The molecule has 0 radical (unpaired) electrons. The number of halogens is 1. The average Bonchev–Trinajstić information content (AvgIpc) is 2.76. The number of carbonyl (C=O) groups is 1. The molecule has 0 amide bonds. The number of hydrogen-bond acceptors (Lipinski definition) is 2. The topological polar surface area (TPSA) is 34.9 Å². The Hall–Kier alpha value is -1.97. The molecule has 0 atom stereocenters. The number of hydrogen-bond donors (Lipinski definition) is 0. The first-order valence-corrected chi connectivity index (χ1v) is 6.84. The summed E-state index contributed by atoms with van der Waals surface area (Å²) in [5.74, 6) is -0.141. The minimum absolute atomic E-state index is 0.0762. The summed E-state index contributed by atoms with van der Waals surface area (Å²) in [6.45, 7) is 5.67.